The van der Waals surface area contributed by atoms with Crippen molar-refractivity contribution in [2.24, 2.45) is 0 Å². The smallest absolute Gasteiger partial charge is 0.265 e. The van der Waals surface area contributed by atoms with E-state index in [9.17, 15) is 9.59 Å². The van der Waals surface area contributed by atoms with Gasteiger partial charge >= 0.3 is 0 Å². The molecule has 1 aromatic heterocycles. The maximum absolute atomic E-state index is 12.4. The molecule has 8 nitrogen and oxygen atoms in total. The molecule has 182 valence electrons. The SMILES string of the molecule is C=CCN1C(=O)COc2ccc(-c3nc(NC(=O)CCCOc4ccc(OC)cc4)sc3C)cc21. The molecule has 1 aliphatic heterocycles. The van der Waals surface area contributed by atoms with Gasteiger partial charge in [-0.3, -0.25) is 9.59 Å². The molecule has 0 bridgehead atoms. The topological polar surface area (TPSA) is 90.0 Å². The molecule has 0 spiro atoms. The van der Waals surface area contributed by atoms with Gasteiger partial charge in [0.2, 0.25) is 5.91 Å². The lowest BCUT2D eigenvalue weighted by Crippen LogP contribution is -2.38. The molecule has 0 unspecified atom stereocenters. The Balaban J connectivity index is 1.35. The number of hydrogen-bond acceptors (Lipinski definition) is 7. The maximum Gasteiger partial charge on any atom is 0.265 e. The van der Waals surface area contributed by atoms with Crippen molar-refractivity contribution in [1.29, 1.82) is 0 Å². The van der Waals surface area contributed by atoms with Gasteiger partial charge in [0.1, 0.15) is 17.2 Å². The van der Waals surface area contributed by atoms with Crippen LogP contribution in [0.4, 0.5) is 10.8 Å². The average molecular weight is 494 g/mol. The van der Waals surface area contributed by atoms with Gasteiger partial charge in [-0.05, 0) is 55.8 Å². The van der Waals surface area contributed by atoms with Crippen LogP contribution in [0.5, 0.6) is 17.2 Å². The largest absolute Gasteiger partial charge is 0.497 e. The number of carbonyl (C=O) groups excluding carboxylic acids is 2. The molecule has 35 heavy (non-hydrogen) atoms. The van der Waals surface area contributed by atoms with Crippen molar-refractivity contribution in [2.45, 2.75) is 19.8 Å². The number of benzene rings is 2. The first-order valence-electron chi connectivity index (χ1n) is 11.2. The third kappa shape index (κ3) is 5.81. The number of carbonyl (C=O) groups is 2. The Kier molecular flexibility index (Phi) is 7.67. The number of methoxy groups -OCH3 is 1. The van der Waals surface area contributed by atoms with Gasteiger partial charge in [-0.25, -0.2) is 4.98 Å². The summed E-state index contributed by atoms with van der Waals surface area (Å²) in [6.07, 6.45) is 2.58. The van der Waals surface area contributed by atoms with Gasteiger partial charge < -0.3 is 24.4 Å². The summed E-state index contributed by atoms with van der Waals surface area (Å²) in [6, 6.07) is 13.0. The number of aryl methyl sites for hydroxylation is 1. The Hall–Kier alpha value is -3.85. The number of anilines is 2. The highest BCUT2D eigenvalue weighted by molar-refractivity contribution is 7.16. The Morgan fingerprint density at radius 2 is 2.03 bits per heavy atom. The van der Waals surface area contributed by atoms with E-state index in [4.69, 9.17) is 14.2 Å². The van der Waals surface area contributed by atoms with Crippen molar-refractivity contribution < 1.29 is 23.8 Å². The van der Waals surface area contributed by atoms with Crippen molar-refractivity contribution >= 4 is 34.0 Å². The summed E-state index contributed by atoms with van der Waals surface area (Å²) in [5, 5.41) is 3.41. The van der Waals surface area contributed by atoms with Crippen LogP contribution >= 0.6 is 11.3 Å². The molecule has 4 rings (SSSR count). The third-order valence-corrected chi connectivity index (χ3v) is 6.29. The van der Waals surface area contributed by atoms with Crippen molar-refractivity contribution in [3.8, 4) is 28.5 Å². The van der Waals surface area contributed by atoms with E-state index in [2.05, 4.69) is 16.9 Å². The van der Waals surface area contributed by atoms with Crippen LogP contribution < -0.4 is 24.4 Å². The quantitative estimate of drug-likeness (QED) is 0.321. The molecule has 9 heteroatoms. The number of nitrogens with one attached hydrogen (secondary N) is 1. The molecule has 0 saturated heterocycles. The van der Waals surface area contributed by atoms with E-state index in [0.29, 0.717) is 42.6 Å². The summed E-state index contributed by atoms with van der Waals surface area (Å²) in [7, 11) is 1.61. The first kappa shape index (κ1) is 24.3. The number of fused-ring (bicyclic) bond motifs is 1. The van der Waals surface area contributed by atoms with Crippen molar-refractivity contribution in [2.75, 3.05) is 37.1 Å². The van der Waals surface area contributed by atoms with Crippen LogP contribution in [-0.4, -0.2) is 43.7 Å². The van der Waals surface area contributed by atoms with Crippen molar-refractivity contribution in [3.05, 3.63) is 60.0 Å². The summed E-state index contributed by atoms with van der Waals surface area (Å²) < 4.78 is 16.4. The van der Waals surface area contributed by atoms with Crippen LogP contribution in [0.2, 0.25) is 0 Å². The lowest BCUT2D eigenvalue weighted by molar-refractivity contribution is -0.121. The zero-order chi connectivity index (χ0) is 24.8. The Bertz CT molecular complexity index is 1220. The number of thiazole rings is 1. The van der Waals surface area contributed by atoms with E-state index in [-0.39, 0.29) is 18.4 Å². The molecule has 2 heterocycles. The minimum Gasteiger partial charge on any atom is -0.497 e. The molecule has 1 N–H and O–H groups in total. The van der Waals surface area contributed by atoms with Crippen LogP contribution in [-0.2, 0) is 9.59 Å². The number of hydrogen-bond donors (Lipinski definition) is 1. The third-order valence-electron chi connectivity index (χ3n) is 5.41. The van der Waals surface area contributed by atoms with E-state index in [0.717, 1.165) is 27.6 Å². The number of aromatic nitrogens is 1. The number of rotatable bonds is 10. The first-order chi connectivity index (χ1) is 17.0. The summed E-state index contributed by atoms with van der Waals surface area (Å²) >= 11 is 1.41. The van der Waals surface area contributed by atoms with Gasteiger partial charge in [-0.2, -0.15) is 0 Å². The van der Waals surface area contributed by atoms with E-state index in [1.807, 2.05) is 49.4 Å². The zero-order valence-electron chi connectivity index (χ0n) is 19.7. The van der Waals surface area contributed by atoms with Crippen LogP contribution in [0, 0.1) is 6.92 Å². The first-order valence-corrected chi connectivity index (χ1v) is 12.0. The maximum atomic E-state index is 12.4. The van der Waals surface area contributed by atoms with Gasteiger partial charge in [-0.1, -0.05) is 6.08 Å². The Morgan fingerprint density at radius 1 is 1.26 bits per heavy atom. The molecule has 1 aliphatic rings. The standard InChI is InChI=1S/C26H27N3O5S/c1-4-13-29-21-15-18(7-12-22(21)34-16-24(29)31)25-17(2)35-26(28-25)27-23(30)6-5-14-33-20-10-8-19(32-3)9-11-20/h4,7-12,15H,1,5-6,13-14,16H2,2-3H3,(H,27,28,30). The number of nitrogens with zero attached hydrogens (tertiary/aromatic N) is 2. The molecular formula is C26H27N3O5S. The van der Waals surface area contributed by atoms with E-state index >= 15 is 0 Å². The molecule has 2 amide bonds. The summed E-state index contributed by atoms with van der Waals surface area (Å²) in [6.45, 7) is 6.53. The second-order valence-electron chi connectivity index (χ2n) is 7.86. The molecule has 0 radical (unpaired) electrons. The molecule has 0 atom stereocenters. The minimum absolute atomic E-state index is 0.0111. The van der Waals surface area contributed by atoms with E-state index in [1.54, 1.807) is 18.1 Å². The van der Waals surface area contributed by atoms with Crippen molar-refractivity contribution in [1.82, 2.24) is 4.98 Å². The number of amides is 2. The van der Waals surface area contributed by atoms with Gasteiger partial charge in [0.05, 0.1) is 25.1 Å². The average Bonchev–Trinajstić information content (AvgIpc) is 3.23. The molecule has 0 aliphatic carbocycles. The van der Waals surface area contributed by atoms with Crippen LogP contribution in [0.1, 0.15) is 17.7 Å². The highest BCUT2D eigenvalue weighted by Crippen LogP contribution is 2.38. The predicted octanol–water partition coefficient (Wildman–Crippen LogP) is 4.84. The van der Waals surface area contributed by atoms with Gasteiger partial charge in [0.15, 0.2) is 11.7 Å². The fourth-order valence-corrected chi connectivity index (χ4v) is 4.52. The minimum atomic E-state index is -0.120. The monoisotopic (exact) mass is 493 g/mol. The summed E-state index contributed by atoms with van der Waals surface area (Å²) in [5.74, 6) is 1.91. The van der Waals surface area contributed by atoms with Crippen LogP contribution in [0.3, 0.4) is 0 Å². The summed E-state index contributed by atoms with van der Waals surface area (Å²) in [5.41, 5.74) is 2.29. The van der Waals surface area contributed by atoms with E-state index in [1.165, 1.54) is 11.3 Å². The number of ether oxygens (including phenoxy) is 3. The van der Waals surface area contributed by atoms with Crippen LogP contribution in [0.15, 0.2) is 55.1 Å². The predicted molar refractivity (Wildman–Crippen MR) is 137 cm³/mol. The fraction of sp³-hybridized carbons (Fsp3) is 0.269. The summed E-state index contributed by atoms with van der Waals surface area (Å²) in [4.78, 5) is 31.9. The second kappa shape index (κ2) is 11.1. The molecule has 0 saturated carbocycles. The highest BCUT2D eigenvalue weighted by Gasteiger charge is 2.25. The Labute approximate surface area is 208 Å². The highest BCUT2D eigenvalue weighted by atomic mass is 32.1. The normalized spacial score (nSPS) is 12.5. The van der Waals surface area contributed by atoms with Gasteiger partial charge in [0.25, 0.3) is 5.91 Å². The molecular weight excluding hydrogens is 466 g/mol. The zero-order valence-corrected chi connectivity index (χ0v) is 20.5. The second-order valence-corrected chi connectivity index (χ2v) is 9.07. The van der Waals surface area contributed by atoms with Crippen molar-refractivity contribution in [3.63, 3.8) is 0 Å². The lowest BCUT2D eigenvalue weighted by Gasteiger charge is -2.28. The molecule has 2 aromatic carbocycles. The molecule has 0 fully saturated rings. The van der Waals surface area contributed by atoms with Crippen LogP contribution in [0.25, 0.3) is 11.3 Å². The lowest BCUT2D eigenvalue weighted by atomic mass is 10.1. The Morgan fingerprint density at radius 3 is 2.77 bits per heavy atom. The fourth-order valence-electron chi connectivity index (χ4n) is 3.67. The molecule has 3 aromatic rings. The van der Waals surface area contributed by atoms with Gasteiger partial charge in [0, 0.05) is 23.4 Å². The van der Waals surface area contributed by atoms with Gasteiger partial charge in [-0.15, -0.1) is 17.9 Å². The van der Waals surface area contributed by atoms with E-state index < -0.39 is 0 Å².